The molecule has 0 fully saturated rings. The van der Waals surface area contributed by atoms with Crippen LogP contribution in [0.2, 0.25) is 0 Å². The first-order valence-electron chi connectivity index (χ1n) is 7.27. The maximum atomic E-state index is 8.92. The van der Waals surface area contributed by atoms with Crippen LogP contribution in [0.5, 0.6) is 0 Å². The Morgan fingerprint density at radius 1 is 1.27 bits per heavy atom. The summed E-state index contributed by atoms with van der Waals surface area (Å²) in [5.41, 5.74) is 1.91. The molecule has 0 aromatic rings. The summed E-state index contributed by atoms with van der Waals surface area (Å²) in [4.78, 5) is 2.04. The summed E-state index contributed by atoms with van der Waals surface area (Å²) >= 11 is 0. The topological polar surface area (TPSA) is 69.3 Å². The molecule has 1 unspecified atom stereocenters. The zero-order valence-corrected chi connectivity index (χ0v) is 14.7. The van der Waals surface area contributed by atoms with Gasteiger partial charge in [-0.25, -0.2) is 0 Å². The molecule has 1 atom stereocenters. The van der Waals surface area contributed by atoms with Gasteiger partial charge in [0.1, 0.15) is 17.7 Å². The molecule has 1 aliphatic heterocycles. The van der Waals surface area contributed by atoms with Gasteiger partial charge in [-0.2, -0.15) is 10.5 Å². The van der Waals surface area contributed by atoms with Crippen LogP contribution in [-0.2, 0) is 9.26 Å². The predicted molar refractivity (Wildman–Crippen MR) is 90.3 cm³/mol. The summed E-state index contributed by atoms with van der Waals surface area (Å²) in [5.74, 6) is 0. The van der Waals surface area contributed by atoms with Crippen molar-refractivity contribution in [2.45, 2.75) is 27.2 Å². The third kappa shape index (κ3) is 7.38. The van der Waals surface area contributed by atoms with Crippen molar-refractivity contribution in [1.82, 2.24) is 4.90 Å². The minimum atomic E-state index is 0.171. The number of rotatable bonds is 6. The Morgan fingerprint density at radius 3 is 2.55 bits per heavy atom. The van der Waals surface area contributed by atoms with E-state index in [1.54, 1.807) is 0 Å². The van der Waals surface area contributed by atoms with Gasteiger partial charge < -0.3 is 14.2 Å². The van der Waals surface area contributed by atoms with Gasteiger partial charge in [-0.05, 0) is 25.0 Å². The standard InChI is InChI=1S/C14H18N3O2P.C2H6/c1-12-9-13(14(10-15)11-16)3-2-4-17(12)5-6-18-7-8-19-20;1-2/h2,4,9H,3,5-8,20H2,1H3;1-2H3. The Bertz CT molecular complexity index is 483. The average Bonchev–Trinajstić information content (AvgIpc) is 2.72. The quantitative estimate of drug-likeness (QED) is 0.426. The predicted octanol–water partition coefficient (Wildman–Crippen LogP) is 3.30. The molecule has 1 rings (SSSR count). The minimum absolute atomic E-state index is 0.171. The molecule has 0 amide bonds. The summed E-state index contributed by atoms with van der Waals surface area (Å²) in [7, 11) is 2.19. The van der Waals surface area contributed by atoms with Gasteiger partial charge in [0, 0.05) is 27.9 Å². The van der Waals surface area contributed by atoms with Crippen molar-refractivity contribution in [2.24, 2.45) is 0 Å². The largest absolute Gasteiger partial charge is 0.377 e. The van der Waals surface area contributed by atoms with Crippen molar-refractivity contribution >= 4 is 9.47 Å². The smallest absolute Gasteiger partial charge is 0.133 e. The van der Waals surface area contributed by atoms with Crippen LogP contribution >= 0.6 is 9.47 Å². The van der Waals surface area contributed by atoms with Crippen LogP contribution in [0.1, 0.15) is 27.2 Å². The van der Waals surface area contributed by atoms with E-state index >= 15 is 0 Å². The Labute approximate surface area is 135 Å². The molecule has 0 aromatic heterocycles. The van der Waals surface area contributed by atoms with Gasteiger partial charge in [0.15, 0.2) is 0 Å². The molecule has 22 heavy (non-hydrogen) atoms. The average molecular weight is 321 g/mol. The number of hydrogen-bond donors (Lipinski definition) is 0. The minimum Gasteiger partial charge on any atom is -0.377 e. The molecule has 0 N–H and O–H groups in total. The number of allylic oxidation sites excluding steroid dienone is 5. The molecule has 0 saturated heterocycles. The van der Waals surface area contributed by atoms with Gasteiger partial charge in [0.2, 0.25) is 0 Å². The highest BCUT2D eigenvalue weighted by molar-refractivity contribution is 7.09. The van der Waals surface area contributed by atoms with E-state index in [1.165, 1.54) is 0 Å². The molecular weight excluding hydrogens is 297 g/mol. The van der Waals surface area contributed by atoms with Crippen LogP contribution in [-0.4, -0.2) is 31.3 Å². The first kappa shape index (κ1) is 20.3. The van der Waals surface area contributed by atoms with Crippen LogP contribution in [0.4, 0.5) is 0 Å². The van der Waals surface area contributed by atoms with Crippen LogP contribution in [0, 0.1) is 22.7 Å². The first-order chi connectivity index (χ1) is 10.7. The van der Waals surface area contributed by atoms with Gasteiger partial charge in [0.05, 0.1) is 19.8 Å². The molecular formula is C16H24N3O2P. The molecule has 5 nitrogen and oxygen atoms in total. The Balaban J connectivity index is 0.00000211. The van der Waals surface area contributed by atoms with Gasteiger partial charge in [-0.1, -0.05) is 19.9 Å². The Hall–Kier alpha value is -1.65. The lowest BCUT2D eigenvalue weighted by atomic mass is 10.1. The van der Waals surface area contributed by atoms with Gasteiger partial charge in [-0.15, -0.1) is 0 Å². The van der Waals surface area contributed by atoms with Gasteiger partial charge in [-0.3, -0.25) is 0 Å². The maximum Gasteiger partial charge on any atom is 0.133 e. The summed E-state index contributed by atoms with van der Waals surface area (Å²) in [5, 5.41) is 17.8. The number of hydrogen-bond acceptors (Lipinski definition) is 5. The van der Waals surface area contributed by atoms with E-state index in [4.69, 9.17) is 19.8 Å². The molecule has 0 bridgehead atoms. The highest BCUT2D eigenvalue weighted by Gasteiger charge is 2.10. The Morgan fingerprint density at radius 2 is 1.95 bits per heavy atom. The first-order valence-corrected chi connectivity index (χ1v) is 7.74. The van der Waals surface area contributed by atoms with E-state index in [1.807, 2.05) is 56.2 Å². The van der Waals surface area contributed by atoms with E-state index < -0.39 is 0 Å². The van der Waals surface area contributed by atoms with Crippen molar-refractivity contribution in [3.8, 4) is 12.1 Å². The van der Waals surface area contributed by atoms with Gasteiger partial charge >= 0.3 is 0 Å². The summed E-state index contributed by atoms with van der Waals surface area (Å²) in [6.07, 6.45) is 6.38. The third-order valence-electron chi connectivity index (χ3n) is 2.83. The zero-order valence-electron chi connectivity index (χ0n) is 13.5. The number of nitrogens with zero attached hydrogens (tertiary/aromatic N) is 3. The van der Waals surface area contributed by atoms with Crippen LogP contribution in [0.25, 0.3) is 0 Å². The highest BCUT2D eigenvalue weighted by atomic mass is 31.0. The highest BCUT2D eigenvalue weighted by Crippen LogP contribution is 2.19. The second-order valence-corrected chi connectivity index (χ2v) is 4.51. The van der Waals surface area contributed by atoms with Crippen molar-refractivity contribution in [1.29, 1.82) is 10.5 Å². The van der Waals surface area contributed by atoms with E-state index in [-0.39, 0.29) is 5.57 Å². The lowest BCUT2D eigenvalue weighted by molar-refractivity contribution is 0.0979. The van der Waals surface area contributed by atoms with E-state index in [0.29, 0.717) is 26.2 Å². The summed E-state index contributed by atoms with van der Waals surface area (Å²) in [6, 6.07) is 3.86. The normalized spacial score (nSPS) is 13.3. The fourth-order valence-electron chi connectivity index (χ4n) is 1.78. The van der Waals surface area contributed by atoms with Crippen molar-refractivity contribution in [2.75, 3.05) is 26.4 Å². The fourth-order valence-corrected chi connectivity index (χ4v) is 1.88. The van der Waals surface area contributed by atoms with Crippen molar-refractivity contribution in [3.05, 3.63) is 35.2 Å². The molecule has 0 radical (unpaired) electrons. The molecule has 120 valence electrons. The van der Waals surface area contributed by atoms with Crippen molar-refractivity contribution in [3.63, 3.8) is 0 Å². The summed E-state index contributed by atoms with van der Waals surface area (Å²) in [6.45, 7) is 8.37. The van der Waals surface area contributed by atoms with Crippen molar-refractivity contribution < 1.29 is 9.26 Å². The van der Waals surface area contributed by atoms with Crippen LogP contribution < -0.4 is 0 Å². The monoisotopic (exact) mass is 321 g/mol. The molecule has 1 aliphatic rings. The van der Waals surface area contributed by atoms with Gasteiger partial charge in [0.25, 0.3) is 0 Å². The van der Waals surface area contributed by atoms with E-state index in [0.717, 1.165) is 17.8 Å². The third-order valence-corrected chi connectivity index (χ3v) is 3.06. The lowest BCUT2D eigenvalue weighted by Gasteiger charge is -2.20. The summed E-state index contributed by atoms with van der Waals surface area (Å²) < 4.78 is 10.3. The fraction of sp³-hybridized carbons (Fsp3) is 0.500. The SMILES string of the molecule is CC.CC1=CC(=C(C#N)C#N)CC=CN1CCOCCOP. The number of nitriles is 2. The van der Waals surface area contributed by atoms with E-state index in [9.17, 15) is 0 Å². The second-order valence-electron chi connectivity index (χ2n) is 4.18. The molecule has 1 heterocycles. The Kier molecular flexibility index (Phi) is 12.1. The second kappa shape index (κ2) is 13.0. The van der Waals surface area contributed by atoms with Crippen LogP contribution in [0.15, 0.2) is 35.2 Å². The lowest BCUT2D eigenvalue weighted by Crippen LogP contribution is -2.20. The maximum absolute atomic E-state index is 8.92. The molecule has 0 aliphatic carbocycles. The zero-order chi connectivity index (χ0) is 16.8. The molecule has 6 heteroatoms. The molecule has 0 saturated carbocycles. The number of ether oxygens (including phenoxy) is 1. The van der Waals surface area contributed by atoms with E-state index in [2.05, 4.69) is 9.47 Å². The molecule has 0 spiro atoms. The molecule has 0 aromatic carbocycles. The van der Waals surface area contributed by atoms with Crippen LogP contribution in [0.3, 0.4) is 0 Å².